The third kappa shape index (κ3) is 2.82. The van der Waals surface area contributed by atoms with E-state index in [1.165, 1.54) is 0 Å². The third-order valence-electron chi connectivity index (χ3n) is 1.74. The van der Waals surface area contributed by atoms with Crippen molar-refractivity contribution in [2.45, 2.75) is 0 Å². The Morgan fingerprint density at radius 1 is 1.36 bits per heavy atom. The third-order valence-corrected chi connectivity index (χ3v) is 1.74. The van der Waals surface area contributed by atoms with Crippen LogP contribution in [0.5, 0.6) is 0 Å². The van der Waals surface area contributed by atoms with Gasteiger partial charge in [-0.05, 0) is 17.7 Å². The largest absolute Gasteiger partial charge is 0.399 e. The topological polar surface area (TPSA) is 81.1 Å². The van der Waals surface area contributed by atoms with Crippen LogP contribution in [0.15, 0.2) is 30.8 Å². The van der Waals surface area contributed by atoms with E-state index in [4.69, 9.17) is 11.5 Å². The summed E-state index contributed by atoms with van der Waals surface area (Å²) >= 11 is 0. The second-order valence-corrected chi connectivity index (χ2v) is 2.92. The molecule has 0 aliphatic heterocycles. The highest BCUT2D eigenvalue weighted by Crippen LogP contribution is 2.11. The number of hydrogen-bond acceptors (Lipinski definition) is 3. The molecule has 5 N–H and O–H groups in total. The molecule has 1 aromatic rings. The highest BCUT2D eigenvalue weighted by molar-refractivity contribution is 5.78. The van der Waals surface area contributed by atoms with E-state index >= 15 is 0 Å². The normalized spacial score (nSPS) is 9.43. The van der Waals surface area contributed by atoms with E-state index in [0.717, 1.165) is 5.56 Å². The van der Waals surface area contributed by atoms with E-state index in [-0.39, 0.29) is 6.54 Å². The molecule has 4 nitrogen and oxygen atoms in total. The molecule has 0 aliphatic rings. The molecular formula is C10H13N3O. The fourth-order valence-electron chi connectivity index (χ4n) is 0.980. The first-order valence-electron chi connectivity index (χ1n) is 4.16. The van der Waals surface area contributed by atoms with Crippen LogP contribution >= 0.6 is 0 Å². The second kappa shape index (κ2) is 4.32. The molecule has 1 rings (SSSR count). The molecule has 0 heterocycles. The van der Waals surface area contributed by atoms with Crippen molar-refractivity contribution in [1.82, 2.24) is 5.32 Å². The Labute approximate surface area is 82.6 Å². The fraction of sp³-hybridized carbons (Fsp3) is 0.100. The van der Waals surface area contributed by atoms with Gasteiger partial charge in [0, 0.05) is 11.4 Å². The van der Waals surface area contributed by atoms with Crippen molar-refractivity contribution in [3.8, 4) is 0 Å². The summed E-state index contributed by atoms with van der Waals surface area (Å²) in [6, 6.07) is 7.19. The molecule has 0 unspecified atom stereocenters. The molecule has 0 aliphatic carbocycles. The summed E-state index contributed by atoms with van der Waals surface area (Å²) in [5.74, 6) is -0.415. The van der Waals surface area contributed by atoms with Gasteiger partial charge in [0.1, 0.15) is 0 Å². The van der Waals surface area contributed by atoms with Crippen LogP contribution < -0.4 is 16.8 Å². The highest BCUT2D eigenvalue weighted by Gasteiger charge is 1.99. The molecule has 14 heavy (non-hydrogen) atoms. The molecule has 1 aromatic carbocycles. The van der Waals surface area contributed by atoms with E-state index in [1.807, 2.05) is 12.1 Å². The number of nitrogens with one attached hydrogen (secondary N) is 1. The molecule has 1 amide bonds. The second-order valence-electron chi connectivity index (χ2n) is 2.92. The van der Waals surface area contributed by atoms with Crippen molar-refractivity contribution in [2.24, 2.45) is 5.73 Å². The zero-order chi connectivity index (χ0) is 10.6. The molecule has 4 heteroatoms. The van der Waals surface area contributed by atoms with Gasteiger partial charge in [0.15, 0.2) is 0 Å². The van der Waals surface area contributed by atoms with Gasteiger partial charge in [-0.1, -0.05) is 18.7 Å². The molecule has 0 atom stereocenters. The minimum atomic E-state index is -0.415. The van der Waals surface area contributed by atoms with Crippen LogP contribution in [0.1, 0.15) is 5.56 Å². The van der Waals surface area contributed by atoms with E-state index in [1.54, 1.807) is 12.1 Å². The SMILES string of the molecule is C=C(NCC(N)=O)c1ccc(N)cc1. The summed E-state index contributed by atoms with van der Waals surface area (Å²) in [5.41, 5.74) is 12.7. The lowest BCUT2D eigenvalue weighted by Crippen LogP contribution is -2.27. The minimum Gasteiger partial charge on any atom is -0.399 e. The van der Waals surface area contributed by atoms with Crippen molar-refractivity contribution in [3.05, 3.63) is 36.4 Å². The number of anilines is 1. The Hall–Kier alpha value is -1.97. The lowest BCUT2D eigenvalue weighted by molar-refractivity contribution is -0.117. The van der Waals surface area contributed by atoms with E-state index in [2.05, 4.69) is 11.9 Å². The van der Waals surface area contributed by atoms with Gasteiger partial charge in [-0.25, -0.2) is 0 Å². The maximum atomic E-state index is 10.5. The maximum absolute atomic E-state index is 10.5. The van der Waals surface area contributed by atoms with Crippen LogP contribution in [0.3, 0.4) is 0 Å². The maximum Gasteiger partial charge on any atom is 0.236 e. The number of rotatable bonds is 4. The molecule has 0 saturated heterocycles. The minimum absolute atomic E-state index is 0.0865. The Morgan fingerprint density at radius 3 is 2.43 bits per heavy atom. The molecule has 0 bridgehead atoms. The van der Waals surface area contributed by atoms with Crippen LogP contribution in [-0.2, 0) is 4.79 Å². The zero-order valence-corrected chi connectivity index (χ0v) is 7.79. The lowest BCUT2D eigenvalue weighted by atomic mass is 10.1. The summed E-state index contributed by atoms with van der Waals surface area (Å²) in [6.07, 6.45) is 0. The number of primary amides is 1. The zero-order valence-electron chi connectivity index (χ0n) is 7.79. The summed E-state index contributed by atoms with van der Waals surface area (Å²) in [4.78, 5) is 10.5. The predicted molar refractivity (Wildman–Crippen MR) is 57.1 cm³/mol. The number of nitrogens with two attached hydrogens (primary N) is 2. The standard InChI is InChI=1S/C10H13N3O/c1-7(13-6-10(12)14)8-2-4-9(11)5-3-8/h2-5,13H,1,6,11H2,(H2,12,14). The van der Waals surface area contributed by atoms with Crippen molar-refractivity contribution >= 4 is 17.3 Å². The van der Waals surface area contributed by atoms with Crippen LogP contribution in [0.4, 0.5) is 5.69 Å². The fourth-order valence-corrected chi connectivity index (χ4v) is 0.980. The smallest absolute Gasteiger partial charge is 0.236 e. The Balaban J connectivity index is 2.61. The molecule has 0 saturated carbocycles. The average Bonchev–Trinajstić information content (AvgIpc) is 2.15. The number of carbonyl (C=O) groups excluding carboxylic acids is 1. The number of hydrogen-bond donors (Lipinski definition) is 3. The van der Waals surface area contributed by atoms with Gasteiger partial charge in [-0.2, -0.15) is 0 Å². The van der Waals surface area contributed by atoms with Crippen molar-refractivity contribution in [3.63, 3.8) is 0 Å². The van der Waals surface area contributed by atoms with Gasteiger partial charge < -0.3 is 16.8 Å². The van der Waals surface area contributed by atoms with Gasteiger partial charge in [0.25, 0.3) is 0 Å². The number of carbonyl (C=O) groups is 1. The predicted octanol–water partition coefficient (Wildman–Crippen LogP) is 0.314. The lowest BCUT2D eigenvalue weighted by Gasteiger charge is -2.07. The molecule has 0 radical (unpaired) electrons. The van der Waals surface area contributed by atoms with Crippen molar-refractivity contribution < 1.29 is 4.79 Å². The van der Waals surface area contributed by atoms with Crippen molar-refractivity contribution in [2.75, 3.05) is 12.3 Å². The monoisotopic (exact) mass is 191 g/mol. The summed E-state index contributed by atoms with van der Waals surface area (Å²) in [7, 11) is 0. The van der Waals surface area contributed by atoms with E-state index < -0.39 is 5.91 Å². The molecule has 74 valence electrons. The first-order chi connectivity index (χ1) is 6.59. The summed E-state index contributed by atoms with van der Waals surface area (Å²) in [6.45, 7) is 3.85. The first-order valence-corrected chi connectivity index (χ1v) is 4.16. The van der Waals surface area contributed by atoms with Gasteiger partial charge in [-0.15, -0.1) is 0 Å². The van der Waals surface area contributed by atoms with Gasteiger partial charge in [0.05, 0.1) is 6.54 Å². The molecule has 0 aromatic heterocycles. The van der Waals surface area contributed by atoms with Gasteiger partial charge in [0.2, 0.25) is 5.91 Å². The number of nitrogen functional groups attached to an aromatic ring is 1. The first kappa shape index (κ1) is 10.1. The van der Waals surface area contributed by atoms with Crippen molar-refractivity contribution in [1.29, 1.82) is 0 Å². The van der Waals surface area contributed by atoms with Crippen LogP contribution in [0.2, 0.25) is 0 Å². The molecule has 0 fully saturated rings. The van der Waals surface area contributed by atoms with Crippen LogP contribution in [-0.4, -0.2) is 12.5 Å². The quantitative estimate of drug-likeness (QED) is 0.599. The Bertz CT molecular complexity index is 343. The van der Waals surface area contributed by atoms with E-state index in [9.17, 15) is 4.79 Å². The van der Waals surface area contributed by atoms with E-state index in [0.29, 0.717) is 11.4 Å². The van der Waals surface area contributed by atoms with Crippen LogP contribution in [0, 0.1) is 0 Å². The van der Waals surface area contributed by atoms with Gasteiger partial charge in [-0.3, -0.25) is 4.79 Å². The Kier molecular flexibility index (Phi) is 3.12. The molecular weight excluding hydrogens is 178 g/mol. The van der Waals surface area contributed by atoms with Gasteiger partial charge >= 0.3 is 0 Å². The number of amides is 1. The summed E-state index contributed by atoms with van der Waals surface area (Å²) in [5, 5.41) is 2.81. The summed E-state index contributed by atoms with van der Waals surface area (Å²) < 4.78 is 0. The highest BCUT2D eigenvalue weighted by atomic mass is 16.1. The van der Waals surface area contributed by atoms with Crippen LogP contribution in [0.25, 0.3) is 5.70 Å². The molecule has 0 spiro atoms. The average molecular weight is 191 g/mol. The number of benzene rings is 1. The Morgan fingerprint density at radius 2 is 1.93 bits per heavy atom.